The molecule has 0 fully saturated rings. The third-order valence-electron chi connectivity index (χ3n) is 5.41. The summed E-state index contributed by atoms with van der Waals surface area (Å²) >= 11 is 3.49. The summed E-state index contributed by atoms with van der Waals surface area (Å²) in [5.41, 5.74) is 8.62. The minimum absolute atomic E-state index is 0.00292. The first-order valence-electron chi connectivity index (χ1n) is 9.94. The van der Waals surface area contributed by atoms with Crippen molar-refractivity contribution in [3.63, 3.8) is 0 Å². The number of nitrogens with one attached hydrogen (secondary N) is 1. The van der Waals surface area contributed by atoms with Crippen LogP contribution < -0.4 is 11.1 Å². The van der Waals surface area contributed by atoms with E-state index in [2.05, 4.69) is 53.0 Å². The van der Waals surface area contributed by atoms with Gasteiger partial charge in [0.2, 0.25) is 0 Å². The molecule has 0 aromatic heterocycles. The molecule has 2 heterocycles. The Hall–Kier alpha value is -2.05. The summed E-state index contributed by atoms with van der Waals surface area (Å²) in [5, 5.41) is 5.90. The van der Waals surface area contributed by atoms with Crippen molar-refractivity contribution in [3.05, 3.63) is 88.5 Å². The Morgan fingerprint density at radius 3 is 2.90 bits per heavy atom. The number of nitrogens with zero attached hydrogens (tertiary/aromatic N) is 1. The van der Waals surface area contributed by atoms with Crippen molar-refractivity contribution in [2.24, 2.45) is 11.7 Å². The Balaban J connectivity index is 1.66. The molecule has 152 valence electrons. The van der Waals surface area contributed by atoms with E-state index in [-0.39, 0.29) is 5.83 Å². The van der Waals surface area contributed by atoms with E-state index in [9.17, 15) is 4.39 Å². The maximum atomic E-state index is 14.5. The van der Waals surface area contributed by atoms with Crippen molar-refractivity contribution in [3.8, 4) is 0 Å². The van der Waals surface area contributed by atoms with Crippen LogP contribution >= 0.6 is 23.7 Å². The number of allylic oxidation sites excluding steroid dienone is 4. The van der Waals surface area contributed by atoms with Crippen LogP contribution in [0.15, 0.2) is 93.4 Å². The third-order valence-corrected chi connectivity index (χ3v) is 7.52. The topological polar surface area (TPSA) is 41.3 Å². The molecule has 0 saturated carbocycles. The molecule has 0 spiro atoms. The summed E-state index contributed by atoms with van der Waals surface area (Å²) in [6.45, 7) is 3.79. The molecule has 4 rings (SSSR count). The smallest absolute Gasteiger partial charge is 0.116 e. The number of rotatable bonds is 6. The molecule has 2 aliphatic heterocycles. The molecule has 2 unspecified atom stereocenters. The minimum Gasteiger partial charge on any atom is -0.404 e. The predicted octanol–water partition coefficient (Wildman–Crippen LogP) is 5.49. The van der Waals surface area contributed by atoms with Gasteiger partial charge in [0.1, 0.15) is 11.6 Å². The van der Waals surface area contributed by atoms with Crippen LogP contribution in [-0.2, 0) is 0 Å². The second kappa shape index (κ2) is 9.18. The zero-order valence-corrected chi connectivity index (χ0v) is 18.1. The number of nitrogens with two attached hydrogens (primary N) is 1. The summed E-state index contributed by atoms with van der Waals surface area (Å²) < 4.78 is 16.8. The van der Waals surface area contributed by atoms with Crippen molar-refractivity contribution in [1.82, 2.24) is 9.62 Å². The molecule has 3 aliphatic rings. The summed E-state index contributed by atoms with van der Waals surface area (Å²) in [4.78, 5) is 1.21. The molecule has 0 amide bonds. The Morgan fingerprint density at radius 1 is 1.31 bits per heavy atom. The fourth-order valence-electron chi connectivity index (χ4n) is 3.92. The average Bonchev–Trinajstić information content (AvgIpc) is 3.11. The second-order valence-electron chi connectivity index (χ2n) is 7.33. The SMILES string of the molecule is CC(S/C=C\N)C1CN(Sc2ccccc2)C2=C1C=C(C1=C(F)CCC=C1)CN2. The highest BCUT2D eigenvalue weighted by atomic mass is 32.2. The Morgan fingerprint density at radius 2 is 2.14 bits per heavy atom. The Labute approximate surface area is 180 Å². The fraction of sp³-hybridized carbons (Fsp3) is 0.304. The highest BCUT2D eigenvalue weighted by Crippen LogP contribution is 2.43. The second-order valence-corrected chi connectivity index (χ2v) is 9.71. The molecule has 1 aromatic rings. The van der Waals surface area contributed by atoms with Gasteiger partial charge < -0.3 is 11.1 Å². The molecular formula is C23H26FN3S2. The van der Waals surface area contributed by atoms with Crippen LogP contribution in [0.5, 0.6) is 0 Å². The molecule has 3 nitrogen and oxygen atoms in total. The van der Waals surface area contributed by atoms with Crippen molar-refractivity contribution in [2.75, 3.05) is 13.1 Å². The van der Waals surface area contributed by atoms with Gasteiger partial charge >= 0.3 is 0 Å². The maximum Gasteiger partial charge on any atom is 0.116 e. The van der Waals surface area contributed by atoms with Gasteiger partial charge in [0.25, 0.3) is 0 Å². The van der Waals surface area contributed by atoms with Crippen LogP contribution in [0.3, 0.4) is 0 Å². The van der Waals surface area contributed by atoms with Gasteiger partial charge in [-0.15, -0.1) is 11.8 Å². The van der Waals surface area contributed by atoms with Gasteiger partial charge in [-0.05, 0) is 53.1 Å². The predicted molar refractivity (Wildman–Crippen MR) is 122 cm³/mol. The Bertz CT molecular complexity index is 902. The van der Waals surface area contributed by atoms with E-state index in [1.54, 1.807) is 29.9 Å². The van der Waals surface area contributed by atoms with Gasteiger partial charge in [0, 0.05) is 47.3 Å². The van der Waals surface area contributed by atoms with Crippen molar-refractivity contribution < 1.29 is 4.39 Å². The molecule has 1 aliphatic carbocycles. The van der Waals surface area contributed by atoms with Crippen LogP contribution in [0.25, 0.3) is 0 Å². The maximum absolute atomic E-state index is 14.5. The van der Waals surface area contributed by atoms with Gasteiger partial charge in [0.05, 0.1) is 0 Å². The van der Waals surface area contributed by atoms with Gasteiger partial charge in [-0.3, -0.25) is 4.31 Å². The quantitative estimate of drug-likeness (QED) is 0.588. The summed E-state index contributed by atoms with van der Waals surface area (Å²) in [6, 6.07) is 10.4. The van der Waals surface area contributed by atoms with Crippen LogP contribution in [0.2, 0.25) is 0 Å². The van der Waals surface area contributed by atoms with Gasteiger partial charge in [-0.2, -0.15) is 0 Å². The number of halogens is 1. The molecule has 0 bridgehead atoms. The normalized spacial score (nSPS) is 22.8. The van der Waals surface area contributed by atoms with E-state index in [0.717, 1.165) is 29.9 Å². The molecule has 0 radical (unpaired) electrons. The molecule has 3 N–H and O–H groups in total. The number of dihydropyridines is 1. The molecule has 1 aromatic carbocycles. The van der Waals surface area contributed by atoms with Crippen LogP contribution in [0.1, 0.15) is 19.8 Å². The number of hydrogen-bond acceptors (Lipinski definition) is 5. The molecule has 0 saturated heterocycles. The largest absolute Gasteiger partial charge is 0.404 e. The number of thioether (sulfide) groups is 1. The highest BCUT2D eigenvalue weighted by molar-refractivity contribution is 8.02. The minimum atomic E-state index is 0.00292. The lowest BCUT2D eigenvalue weighted by molar-refractivity contribution is 0.508. The zero-order valence-electron chi connectivity index (χ0n) is 16.5. The highest BCUT2D eigenvalue weighted by Gasteiger charge is 2.37. The van der Waals surface area contributed by atoms with E-state index in [0.29, 0.717) is 24.1 Å². The van der Waals surface area contributed by atoms with E-state index in [1.807, 2.05) is 17.6 Å². The molecular weight excluding hydrogens is 401 g/mol. The summed E-state index contributed by atoms with van der Waals surface area (Å²) in [7, 11) is 0. The monoisotopic (exact) mass is 427 g/mol. The first kappa shape index (κ1) is 20.2. The van der Waals surface area contributed by atoms with Crippen LogP contribution in [-0.4, -0.2) is 22.6 Å². The number of benzene rings is 1. The first-order chi connectivity index (χ1) is 14.2. The van der Waals surface area contributed by atoms with E-state index < -0.39 is 0 Å². The fourth-order valence-corrected chi connectivity index (χ4v) is 5.71. The summed E-state index contributed by atoms with van der Waals surface area (Å²) in [6.07, 6.45) is 9.10. The zero-order chi connectivity index (χ0) is 20.2. The molecule has 6 heteroatoms. The molecule has 29 heavy (non-hydrogen) atoms. The van der Waals surface area contributed by atoms with E-state index in [4.69, 9.17) is 5.73 Å². The lowest BCUT2D eigenvalue weighted by Gasteiger charge is -2.26. The average molecular weight is 428 g/mol. The third kappa shape index (κ3) is 4.43. The van der Waals surface area contributed by atoms with Crippen LogP contribution in [0, 0.1) is 5.92 Å². The number of hydrogen-bond donors (Lipinski definition) is 2. The van der Waals surface area contributed by atoms with Crippen LogP contribution in [0.4, 0.5) is 4.39 Å². The lowest BCUT2D eigenvalue weighted by atomic mass is 9.90. The Kier molecular flexibility index (Phi) is 6.40. The van der Waals surface area contributed by atoms with Gasteiger partial charge in [-0.25, -0.2) is 4.39 Å². The summed E-state index contributed by atoms with van der Waals surface area (Å²) in [5.74, 6) is 1.49. The van der Waals surface area contributed by atoms with Gasteiger partial charge in [0.15, 0.2) is 0 Å². The van der Waals surface area contributed by atoms with Crippen molar-refractivity contribution in [1.29, 1.82) is 0 Å². The molecule has 2 atom stereocenters. The van der Waals surface area contributed by atoms with E-state index >= 15 is 0 Å². The van der Waals surface area contributed by atoms with E-state index in [1.165, 1.54) is 10.5 Å². The van der Waals surface area contributed by atoms with Crippen molar-refractivity contribution >= 4 is 23.7 Å². The van der Waals surface area contributed by atoms with Gasteiger partial charge in [-0.1, -0.05) is 37.3 Å². The standard InChI is InChI=1S/C23H26FN3S2/c1-16(28-12-11-25)21-15-27(29-18-7-3-2-4-8-18)23-20(21)13-17(14-26-23)19-9-5-6-10-22(19)24/h2-5,7-9,11-13,16,21,26H,6,10,14-15,25H2,1H3/b12-11-. The van der Waals surface area contributed by atoms with Crippen molar-refractivity contribution in [2.45, 2.75) is 29.9 Å². The first-order valence-corrected chi connectivity index (χ1v) is 11.7. The lowest BCUT2D eigenvalue weighted by Crippen LogP contribution is -2.28.